The number of nitrogens with zero attached hydrogens (tertiary/aromatic N) is 4. The number of hydrogen-bond acceptors (Lipinski definition) is 8. The lowest BCUT2D eigenvalue weighted by Gasteiger charge is -2.34. The molecule has 2 unspecified atom stereocenters. The van der Waals surface area contributed by atoms with Crippen molar-refractivity contribution in [3.63, 3.8) is 0 Å². The topological polar surface area (TPSA) is 109 Å². The number of amides is 3. The number of thiophene rings is 1. The maximum atomic E-state index is 15.0. The van der Waals surface area contributed by atoms with E-state index in [2.05, 4.69) is 26.6 Å². The van der Waals surface area contributed by atoms with Crippen LogP contribution >= 0.6 is 11.3 Å². The molecule has 46 heavy (non-hydrogen) atoms. The maximum absolute atomic E-state index is 15.0. The normalized spacial score (nSPS) is 20.2. The first-order valence-electron chi connectivity index (χ1n) is 15.8. The zero-order valence-corrected chi connectivity index (χ0v) is 26.5. The number of halogens is 1. The third kappa shape index (κ3) is 6.98. The highest BCUT2D eigenvalue weighted by molar-refractivity contribution is 7.22. The van der Waals surface area contributed by atoms with Gasteiger partial charge in [-0.25, -0.2) is 9.18 Å². The van der Waals surface area contributed by atoms with Gasteiger partial charge >= 0.3 is 6.03 Å². The van der Waals surface area contributed by atoms with E-state index in [1.165, 1.54) is 23.5 Å². The van der Waals surface area contributed by atoms with Crippen molar-refractivity contribution in [3.8, 4) is 22.1 Å². The number of nitrogens with one attached hydrogen (secondary N) is 2. The molecule has 2 aliphatic heterocycles. The molecule has 0 radical (unpaired) electrons. The van der Waals surface area contributed by atoms with Crippen LogP contribution in [-0.4, -0.2) is 77.1 Å². The number of pyridine rings is 2. The molecule has 12 heteroatoms. The molecular formula is C34H37FN6O4S. The first kappa shape index (κ1) is 30.5. The number of carbonyl (C=O) groups is 2. The molecule has 1 aliphatic carbocycles. The van der Waals surface area contributed by atoms with Crippen LogP contribution in [0, 0.1) is 11.7 Å². The van der Waals surface area contributed by atoms with Gasteiger partial charge in [-0.15, -0.1) is 11.3 Å². The molecule has 240 valence electrons. The second kappa shape index (κ2) is 13.3. The van der Waals surface area contributed by atoms with Crippen molar-refractivity contribution in [2.45, 2.75) is 50.8 Å². The van der Waals surface area contributed by atoms with Crippen LogP contribution in [0.25, 0.3) is 20.8 Å². The van der Waals surface area contributed by atoms with E-state index in [0.29, 0.717) is 18.0 Å². The second-order valence-corrected chi connectivity index (χ2v) is 13.4. The van der Waals surface area contributed by atoms with E-state index < -0.39 is 5.82 Å². The first-order chi connectivity index (χ1) is 22.4. The summed E-state index contributed by atoms with van der Waals surface area (Å²) >= 11 is 1.48. The molecule has 1 aromatic carbocycles. The average molecular weight is 645 g/mol. The third-order valence-corrected chi connectivity index (χ3v) is 9.99. The largest absolute Gasteiger partial charge is 0.453 e. The minimum atomic E-state index is -0.580. The Labute approximate surface area is 270 Å². The Hall–Kier alpha value is -4.13. The fourth-order valence-electron chi connectivity index (χ4n) is 6.18. The van der Waals surface area contributed by atoms with Crippen molar-refractivity contribution >= 4 is 39.2 Å². The Morgan fingerprint density at radius 1 is 1.02 bits per heavy atom. The van der Waals surface area contributed by atoms with Gasteiger partial charge < -0.3 is 25.0 Å². The van der Waals surface area contributed by atoms with Crippen LogP contribution in [0.3, 0.4) is 0 Å². The second-order valence-electron chi connectivity index (χ2n) is 12.3. The Kier molecular flexibility index (Phi) is 8.83. The van der Waals surface area contributed by atoms with Gasteiger partial charge in [-0.2, -0.15) is 0 Å². The molecule has 3 fully saturated rings. The van der Waals surface area contributed by atoms with Gasteiger partial charge in [-0.3, -0.25) is 19.7 Å². The van der Waals surface area contributed by atoms with Crippen LogP contribution in [0.1, 0.15) is 37.7 Å². The van der Waals surface area contributed by atoms with E-state index in [9.17, 15) is 14.0 Å². The zero-order chi connectivity index (χ0) is 31.6. The summed E-state index contributed by atoms with van der Waals surface area (Å²) in [5.74, 6) is 0.248. The summed E-state index contributed by atoms with van der Waals surface area (Å²) in [6.07, 6.45) is 8.48. The summed E-state index contributed by atoms with van der Waals surface area (Å²) in [4.78, 5) is 39.6. The number of carbonyl (C=O) groups excluding carboxylic acids is 2. The SMILES string of the molecule is COC1CCN(C(=O)C2CCCN(Cc3ccc(-c4cc5nccc(Oc6ccc(NC(=O)NC7CC7)cc6F)c5s4)nc3)C2)C1. The molecule has 2 N–H and O–H groups in total. The van der Waals surface area contributed by atoms with Crippen molar-refractivity contribution in [2.75, 3.05) is 38.6 Å². The van der Waals surface area contributed by atoms with Gasteiger partial charge in [-0.05, 0) is 68.5 Å². The van der Waals surface area contributed by atoms with Crippen molar-refractivity contribution < 1.29 is 23.5 Å². The number of rotatable bonds is 9. The molecule has 7 rings (SSSR count). The lowest BCUT2D eigenvalue weighted by atomic mass is 9.96. The lowest BCUT2D eigenvalue weighted by Crippen LogP contribution is -2.44. The predicted octanol–water partition coefficient (Wildman–Crippen LogP) is 6.03. The monoisotopic (exact) mass is 644 g/mol. The van der Waals surface area contributed by atoms with E-state index in [1.807, 2.05) is 23.2 Å². The van der Waals surface area contributed by atoms with E-state index in [0.717, 1.165) is 84.6 Å². The van der Waals surface area contributed by atoms with Crippen molar-refractivity contribution in [2.24, 2.45) is 5.92 Å². The van der Waals surface area contributed by atoms with Gasteiger partial charge in [0.15, 0.2) is 11.6 Å². The van der Waals surface area contributed by atoms with Crippen LogP contribution in [0.2, 0.25) is 0 Å². The molecule has 2 atom stereocenters. The molecule has 0 spiro atoms. The Bertz CT molecular complexity index is 1730. The van der Waals surface area contributed by atoms with Gasteiger partial charge in [0, 0.05) is 69.5 Å². The van der Waals surface area contributed by atoms with Gasteiger partial charge in [0.05, 0.1) is 32.8 Å². The quantitative estimate of drug-likeness (QED) is 0.229. The van der Waals surface area contributed by atoms with Gasteiger partial charge in [0.25, 0.3) is 0 Å². The highest BCUT2D eigenvalue weighted by atomic mass is 32.1. The third-order valence-electron chi connectivity index (χ3n) is 8.83. The number of piperidine rings is 1. The summed E-state index contributed by atoms with van der Waals surface area (Å²) in [5, 5.41) is 5.48. The fraction of sp³-hybridized carbons (Fsp3) is 0.412. The van der Waals surface area contributed by atoms with Gasteiger partial charge in [0.1, 0.15) is 5.75 Å². The van der Waals surface area contributed by atoms with Crippen LogP contribution in [0.4, 0.5) is 14.9 Å². The van der Waals surface area contributed by atoms with Crippen LogP contribution in [0.15, 0.2) is 54.9 Å². The van der Waals surface area contributed by atoms with Crippen molar-refractivity contribution in [1.29, 1.82) is 0 Å². The van der Waals surface area contributed by atoms with Crippen LogP contribution in [-0.2, 0) is 16.1 Å². The highest BCUT2D eigenvalue weighted by Gasteiger charge is 2.33. The molecule has 3 aliphatic rings. The summed E-state index contributed by atoms with van der Waals surface area (Å²) in [6, 6.07) is 12.0. The molecule has 3 aromatic heterocycles. The Morgan fingerprint density at radius 2 is 1.91 bits per heavy atom. The number of anilines is 1. The molecule has 0 bridgehead atoms. The Morgan fingerprint density at radius 3 is 2.67 bits per heavy atom. The Balaban J connectivity index is 0.990. The van der Waals surface area contributed by atoms with E-state index in [1.54, 1.807) is 25.4 Å². The van der Waals surface area contributed by atoms with Crippen LogP contribution < -0.4 is 15.4 Å². The minimum absolute atomic E-state index is 0.0283. The van der Waals surface area contributed by atoms with E-state index in [4.69, 9.17) is 14.5 Å². The number of methoxy groups -OCH3 is 1. The first-order valence-corrected chi connectivity index (χ1v) is 16.7. The van der Waals surface area contributed by atoms with E-state index in [-0.39, 0.29) is 35.8 Å². The molecule has 5 heterocycles. The van der Waals surface area contributed by atoms with Crippen molar-refractivity contribution in [3.05, 3.63) is 66.2 Å². The van der Waals surface area contributed by atoms with Crippen LogP contribution in [0.5, 0.6) is 11.5 Å². The van der Waals surface area contributed by atoms with Crippen molar-refractivity contribution in [1.82, 2.24) is 25.1 Å². The number of benzene rings is 1. The number of likely N-dealkylation sites (tertiary alicyclic amines) is 2. The molecule has 10 nitrogen and oxygen atoms in total. The standard InChI is InChI=1S/C34H37FN6O4S/c1-44-25-11-14-41(20-25)33(42)22-3-2-13-40(19-22)18-21-4-8-27(37-17-21)31-16-28-32(46-31)30(10-12-36-28)45-29-9-7-24(15-26(29)35)39-34(43)38-23-5-6-23/h4,7-10,12,15-17,22-23,25H,2-3,5-6,11,13-14,18-20H2,1H3,(H2,38,39,43). The summed E-state index contributed by atoms with van der Waals surface area (Å²) in [5.41, 5.74) is 3.00. The average Bonchev–Trinajstić information content (AvgIpc) is 3.54. The van der Waals surface area contributed by atoms with Gasteiger partial charge in [0.2, 0.25) is 5.91 Å². The lowest BCUT2D eigenvalue weighted by molar-refractivity contribution is -0.136. The molecule has 2 saturated heterocycles. The fourth-order valence-corrected chi connectivity index (χ4v) is 7.23. The van der Waals surface area contributed by atoms with Gasteiger partial charge in [-0.1, -0.05) is 6.07 Å². The number of fused-ring (bicyclic) bond motifs is 1. The number of urea groups is 1. The summed E-state index contributed by atoms with van der Waals surface area (Å²) in [7, 11) is 1.71. The molecule has 3 amide bonds. The number of hydrogen-bond donors (Lipinski definition) is 2. The highest BCUT2D eigenvalue weighted by Crippen LogP contribution is 2.39. The molecule has 1 saturated carbocycles. The summed E-state index contributed by atoms with van der Waals surface area (Å²) in [6.45, 7) is 3.95. The van der Waals surface area contributed by atoms with E-state index >= 15 is 0 Å². The minimum Gasteiger partial charge on any atom is -0.453 e. The summed E-state index contributed by atoms with van der Waals surface area (Å²) < 4.78 is 27.2. The maximum Gasteiger partial charge on any atom is 0.319 e. The number of ether oxygens (including phenoxy) is 2. The number of aromatic nitrogens is 2. The predicted molar refractivity (Wildman–Crippen MR) is 174 cm³/mol. The smallest absolute Gasteiger partial charge is 0.319 e. The molecule has 4 aromatic rings. The molecular weight excluding hydrogens is 607 g/mol. The zero-order valence-electron chi connectivity index (χ0n) is 25.7.